The molecule has 7 heteroatoms. The first-order chi connectivity index (χ1) is 11.0. The minimum absolute atomic E-state index is 0.0157. The summed E-state index contributed by atoms with van der Waals surface area (Å²) in [6.45, 7) is 0. The highest BCUT2D eigenvalue weighted by molar-refractivity contribution is 6.21. The standard InChI is InChI=1S/C16H11N3O4/c20-11-6-8(14(21)18-11)12-13(16(23)19-15(12)22)10-5-7-3-1-2-4-9(7)17-10/h1-6,12-13,17H,(H,18,20,21)(H,19,22,23). The third-order valence-corrected chi connectivity index (χ3v) is 4.15. The van der Waals surface area contributed by atoms with Crippen LogP contribution in [0.25, 0.3) is 10.9 Å². The molecule has 2 aromatic rings. The molecule has 1 fully saturated rings. The normalized spacial score (nSPS) is 24.1. The van der Waals surface area contributed by atoms with Crippen molar-refractivity contribution in [3.8, 4) is 0 Å². The average molecular weight is 309 g/mol. The molecule has 0 bridgehead atoms. The van der Waals surface area contributed by atoms with E-state index >= 15 is 0 Å². The molecule has 0 saturated carbocycles. The Balaban J connectivity index is 1.82. The minimum atomic E-state index is -1.01. The Hall–Kier alpha value is -3.22. The largest absolute Gasteiger partial charge is 0.358 e. The van der Waals surface area contributed by atoms with Crippen LogP contribution < -0.4 is 10.6 Å². The van der Waals surface area contributed by atoms with Crippen LogP contribution in [0.3, 0.4) is 0 Å². The molecule has 2 aliphatic heterocycles. The molecule has 7 nitrogen and oxygen atoms in total. The molecule has 4 amide bonds. The van der Waals surface area contributed by atoms with E-state index in [2.05, 4.69) is 15.6 Å². The lowest BCUT2D eigenvalue weighted by molar-refractivity contribution is -0.128. The number of aromatic nitrogens is 1. The lowest BCUT2D eigenvalue weighted by Crippen LogP contribution is -2.28. The molecule has 114 valence electrons. The van der Waals surface area contributed by atoms with Crippen molar-refractivity contribution in [1.29, 1.82) is 0 Å². The monoisotopic (exact) mass is 309 g/mol. The topological polar surface area (TPSA) is 108 Å². The van der Waals surface area contributed by atoms with Gasteiger partial charge in [0.1, 0.15) is 0 Å². The van der Waals surface area contributed by atoms with Crippen LogP contribution in [0.5, 0.6) is 0 Å². The lowest BCUT2D eigenvalue weighted by atomic mass is 9.85. The number of H-pyrrole nitrogens is 1. The number of hydrogen-bond donors (Lipinski definition) is 3. The number of carbonyl (C=O) groups is 4. The van der Waals surface area contributed by atoms with E-state index in [1.165, 1.54) is 0 Å². The van der Waals surface area contributed by atoms with Crippen molar-refractivity contribution in [2.24, 2.45) is 5.92 Å². The summed E-state index contributed by atoms with van der Waals surface area (Å²) in [5, 5.41) is 5.25. The van der Waals surface area contributed by atoms with Crippen LogP contribution in [0.2, 0.25) is 0 Å². The quantitative estimate of drug-likeness (QED) is 0.684. The summed E-state index contributed by atoms with van der Waals surface area (Å²) < 4.78 is 0. The second-order valence-electron chi connectivity index (χ2n) is 5.54. The van der Waals surface area contributed by atoms with Gasteiger partial charge in [0.2, 0.25) is 11.8 Å². The summed E-state index contributed by atoms with van der Waals surface area (Å²) in [5.41, 5.74) is 1.38. The highest BCUT2D eigenvalue weighted by Gasteiger charge is 2.48. The van der Waals surface area contributed by atoms with Gasteiger partial charge in [0, 0.05) is 22.9 Å². The van der Waals surface area contributed by atoms with Gasteiger partial charge in [-0.3, -0.25) is 29.8 Å². The smallest absolute Gasteiger partial charge is 0.255 e. The van der Waals surface area contributed by atoms with Crippen molar-refractivity contribution < 1.29 is 19.2 Å². The molecule has 0 radical (unpaired) electrons. The van der Waals surface area contributed by atoms with E-state index in [1.807, 2.05) is 24.3 Å². The highest BCUT2D eigenvalue weighted by Crippen LogP contribution is 2.36. The fourth-order valence-electron chi connectivity index (χ4n) is 3.14. The molecule has 3 N–H and O–H groups in total. The van der Waals surface area contributed by atoms with Crippen molar-refractivity contribution in [2.45, 2.75) is 5.92 Å². The first kappa shape index (κ1) is 13.4. The van der Waals surface area contributed by atoms with E-state index in [0.717, 1.165) is 17.0 Å². The number of amides is 4. The summed E-state index contributed by atoms with van der Waals surface area (Å²) in [7, 11) is 0. The van der Waals surface area contributed by atoms with Crippen molar-refractivity contribution in [2.75, 3.05) is 0 Å². The van der Waals surface area contributed by atoms with Gasteiger partial charge in [0.25, 0.3) is 11.8 Å². The molecular weight excluding hydrogens is 298 g/mol. The molecule has 23 heavy (non-hydrogen) atoms. The van der Waals surface area contributed by atoms with Crippen molar-refractivity contribution in [3.63, 3.8) is 0 Å². The fraction of sp³-hybridized carbons (Fsp3) is 0.125. The number of fused-ring (bicyclic) bond motifs is 1. The molecular formula is C16H11N3O4. The van der Waals surface area contributed by atoms with Gasteiger partial charge < -0.3 is 4.98 Å². The van der Waals surface area contributed by atoms with Crippen LogP contribution in [0.4, 0.5) is 0 Å². The predicted octanol–water partition coefficient (Wildman–Crippen LogP) is 0.107. The summed E-state index contributed by atoms with van der Waals surface area (Å²) in [6, 6.07) is 9.23. The Bertz CT molecular complexity index is 891. The van der Waals surface area contributed by atoms with E-state index in [1.54, 1.807) is 6.07 Å². The number of carbonyl (C=O) groups excluding carboxylic acids is 4. The Morgan fingerprint density at radius 1 is 0.870 bits per heavy atom. The van der Waals surface area contributed by atoms with Crippen molar-refractivity contribution in [1.82, 2.24) is 15.6 Å². The number of rotatable bonds is 2. The summed E-state index contributed by atoms with van der Waals surface area (Å²) in [6.07, 6.45) is 1.08. The Kier molecular flexibility index (Phi) is 2.71. The minimum Gasteiger partial charge on any atom is -0.358 e. The van der Waals surface area contributed by atoms with Crippen molar-refractivity contribution in [3.05, 3.63) is 47.7 Å². The zero-order valence-corrected chi connectivity index (χ0v) is 11.8. The van der Waals surface area contributed by atoms with E-state index in [9.17, 15) is 19.2 Å². The van der Waals surface area contributed by atoms with Crippen LogP contribution in [0, 0.1) is 5.92 Å². The molecule has 2 aliphatic rings. The van der Waals surface area contributed by atoms with Gasteiger partial charge in [0.15, 0.2) is 0 Å². The number of aromatic amines is 1. The van der Waals surface area contributed by atoms with Crippen LogP contribution in [-0.4, -0.2) is 28.6 Å². The van der Waals surface area contributed by atoms with Gasteiger partial charge in [-0.1, -0.05) is 18.2 Å². The van der Waals surface area contributed by atoms with E-state index in [-0.39, 0.29) is 5.57 Å². The van der Waals surface area contributed by atoms with Crippen LogP contribution in [-0.2, 0) is 19.2 Å². The third kappa shape index (κ3) is 1.97. The average Bonchev–Trinajstić information content (AvgIpc) is 3.13. The number of nitrogens with one attached hydrogen (secondary N) is 3. The molecule has 1 aromatic heterocycles. The van der Waals surface area contributed by atoms with E-state index in [0.29, 0.717) is 5.69 Å². The van der Waals surface area contributed by atoms with Gasteiger partial charge in [-0.05, 0) is 17.5 Å². The predicted molar refractivity (Wildman–Crippen MR) is 78.9 cm³/mol. The molecule has 2 atom stereocenters. The zero-order chi connectivity index (χ0) is 16.1. The number of benzene rings is 1. The van der Waals surface area contributed by atoms with E-state index in [4.69, 9.17) is 0 Å². The summed E-state index contributed by atoms with van der Waals surface area (Å²) >= 11 is 0. The summed E-state index contributed by atoms with van der Waals surface area (Å²) in [5.74, 6) is -4.15. The van der Waals surface area contributed by atoms with Crippen LogP contribution in [0.15, 0.2) is 42.0 Å². The van der Waals surface area contributed by atoms with E-state index < -0.39 is 35.5 Å². The molecule has 0 spiro atoms. The van der Waals surface area contributed by atoms with Gasteiger partial charge >= 0.3 is 0 Å². The molecule has 4 rings (SSSR count). The molecule has 0 aliphatic carbocycles. The maximum atomic E-state index is 12.2. The van der Waals surface area contributed by atoms with Crippen LogP contribution in [0.1, 0.15) is 11.6 Å². The summed E-state index contributed by atoms with van der Waals surface area (Å²) in [4.78, 5) is 50.7. The second kappa shape index (κ2) is 4.64. The van der Waals surface area contributed by atoms with Crippen LogP contribution >= 0.6 is 0 Å². The van der Waals surface area contributed by atoms with Gasteiger partial charge in [-0.15, -0.1) is 0 Å². The molecule has 1 aromatic carbocycles. The van der Waals surface area contributed by atoms with Gasteiger partial charge in [-0.25, -0.2) is 0 Å². The van der Waals surface area contributed by atoms with Crippen molar-refractivity contribution >= 4 is 34.5 Å². The fourth-order valence-corrected chi connectivity index (χ4v) is 3.14. The Morgan fingerprint density at radius 3 is 2.30 bits per heavy atom. The Morgan fingerprint density at radius 2 is 1.61 bits per heavy atom. The van der Waals surface area contributed by atoms with Gasteiger partial charge in [0.05, 0.1) is 11.8 Å². The maximum absolute atomic E-state index is 12.2. The molecule has 2 unspecified atom stereocenters. The Labute approximate surface area is 129 Å². The van der Waals surface area contributed by atoms with Gasteiger partial charge in [-0.2, -0.15) is 0 Å². The molecule has 1 saturated heterocycles. The first-order valence-electron chi connectivity index (χ1n) is 7.04. The maximum Gasteiger partial charge on any atom is 0.255 e. The molecule has 3 heterocycles. The first-order valence-corrected chi connectivity index (χ1v) is 7.04. The lowest BCUT2D eigenvalue weighted by Gasteiger charge is -2.13. The second-order valence-corrected chi connectivity index (χ2v) is 5.54. The number of para-hydroxylation sites is 1. The number of hydrogen-bond acceptors (Lipinski definition) is 4. The SMILES string of the molecule is O=C1C=C(C2C(=O)NC(=O)C2c2cc3ccccc3[nH]2)C(=O)N1. The zero-order valence-electron chi connectivity index (χ0n) is 11.8. The highest BCUT2D eigenvalue weighted by atomic mass is 16.2. The third-order valence-electron chi connectivity index (χ3n) is 4.15. The number of imide groups is 2.